The molecule has 0 aromatic carbocycles. The zero-order valence-corrected chi connectivity index (χ0v) is 11.9. The molecular formula is C12H16N2O2S2. The monoisotopic (exact) mass is 284 g/mol. The van der Waals surface area contributed by atoms with Gasteiger partial charge in [-0.3, -0.25) is 4.79 Å². The average molecular weight is 284 g/mol. The highest BCUT2D eigenvalue weighted by atomic mass is 32.2. The van der Waals surface area contributed by atoms with Crippen molar-refractivity contribution < 1.29 is 9.53 Å². The van der Waals surface area contributed by atoms with Gasteiger partial charge < -0.3 is 10.1 Å². The van der Waals surface area contributed by atoms with Crippen LogP contribution >= 0.6 is 23.1 Å². The van der Waals surface area contributed by atoms with E-state index in [1.54, 1.807) is 11.3 Å². The van der Waals surface area contributed by atoms with Gasteiger partial charge in [0.15, 0.2) is 5.13 Å². The molecule has 0 aliphatic carbocycles. The van der Waals surface area contributed by atoms with Gasteiger partial charge in [-0.2, -0.15) is 11.8 Å². The van der Waals surface area contributed by atoms with Crippen LogP contribution in [-0.4, -0.2) is 29.4 Å². The first kappa shape index (κ1) is 12.4. The number of aromatic nitrogens is 1. The van der Waals surface area contributed by atoms with Crippen LogP contribution in [0.2, 0.25) is 0 Å². The maximum Gasteiger partial charge on any atom is 0.231 e. The van der Waals surface area contributed by atoms with Crippen molar-refractivity contribution in [3.8, 4) is 0 Å². The number of aryl methyl sites for hydroxylation is 1. The number of rotatable bonds is 2. The SMILES string of the molecule is CC1CC(C(=O)Nc2nc3c(s2)CSCC3)CO1. The second kappa shape index (κ2) is 5.19. The third-order valence-electron chi connectivity index (χ3n) is 3.29. The molecule has 0 bridgehead atoms. The fourth-order valence-corrected chi connectivity index (χ4v) is 4.41. The Hall–Kier alpha value is -0.590. The molecule has 1 aromatic rings. The third-order valence-corrected chi connectivity index (χ3v) is 5.48. The molecule has 1 amide bonds. The first-order valence-corrected chi connectivity index (χ1v) is 8.18. The molecule has 3 heterocycles. The molecule has 0 saturated carbocycles. The summed E-state index contributed by atoms with van der Waals surface area (Å²) in [7, 11) is 0. The number of hydrogen-bond donors (Lipinski definition) is 1. The predicted molar refractivity (Wildman–Crippen MR) is 74.1 cm³/mol. The highest BCUT2D eigenvalue weighted by Crippen LogP contribution is 2.32. The standard InChI is InChI=1S/C12H16N2O2S2/c1-7-4-8(5-16-7)11(15)14-12-13-9-2-3-17-6-10(9)18-12/h7-8H,2-6H2,1H3,(H,13,14,15). The molecule has 6 heteroatoms. The Balaban J connectivity index is 1.65. The van der Waals surface area contributed by atoms with E-state index < -0.39 is 0 Å². The van der Waals surface area contributed by atoms with Crippen molar-refractivity contribution in [2.45, 2.75) is 31.6 Å². The summed E-state index contributed by atoms with van der Waals surface area (Å²) in [6.07, 6.45) is 2.03. The smallest absolute Gasteiger partial charge is 0.231 e. The van der Waals surface area contributed by atoms with Gasteiger partial charge in [0.05, 0.1) is 24.3 Å². The highest BCUT2D eigenvalue weighted by molar-refractivity contribution is 7.98. The fourth-order valence-electron chi connectivity index (χ4n) is 2.29. The van der Waals surface area contributed by atoms with E-state index in [2.05, 4.69) is 10.3 Å². The van der Waals surface area contributed by atoms with Crippen molar-refractivity contribution in [3.63, 3.8) is 0 Å². The molecule has 18 heavy (non-hydrogen) atoms. The molecule has 1 aromatic heterocycles. The molecule has 98 valence electrons. The Kier molecular flexibility index (Phi) is 3.59. The van der Waals surface area contributed by atoms with Crippen LogP contribution in [0.1, 0.15) is 23.9 Å². The lowest BCUT2D eigenvalue weighted by atomic mass is 10.1. The zero-order chi connectivity index (χ0) is 12.5. The van der Waals surface area contributed by atoms with Crippen LogP contribution in [0.3, 0.4) is 0 Å². The van der Waals surface area contributed by atoms with Gasteiger partial charge in [-0.1, -0.05) is 0 Å². The van der Waals surface area contributed by atoms with Crippen LogP contribution in [0.15, 0.2) is 0 Å². The minimum absolute atomic E-state index is 0.0182. The number of thiazole rings is 1. The number of carbonyl (C=O) groups excluding carboxylic acids is 1. The van der Waals surface area contributed by atoms with Gasteiger partial charge in [0.2, 0.25) is 5.91 Å². The van der Waals surface area contributed by atoms with Crippen LogP contribution in [0.5, 0.6) is 0 Å². The van der Waals surface area contributed by atoms with Gasteiger partial charge in [0.25, 0.3) is 0 Å². The Morgan fingerprint density at radius 3 is 3.17 bits per heavy atom. The minimum Gasteiger partial charge on any atom is -0.378 e. The van der Waals surface area contributed by atoms with E-state index >= 15 is 0 Å². The van der Waals surface area contributed by atoms with Gasteiger partial charge >= 0.3 is 0 Å². The number of nitrogens with zero attached hydrogens (tertiary/aromatic N) is 1. The molecule has 2 atom stereocenters. The summed E-state index contributed by atoms with van der Waals surface area (Å²) >= 11 is 3.55. The molecule has 0 radical (unpaired) electrons. The van der Waals surface area contributed by atoms with Crippen LogP contribution in [0.25, 0.3) is 0 Å². The van der Waals surface area contributed by atoms with Crippen LogP contribution in [0, 0.1) is 5.92 Å². The summed E-state index contributed by atoms with van der Waals surface area (Å²) in [5.74, 6) is 2.21. The Labute approximate surface area is 115 Å². The van der Waals surface area contributed by atoms with Gasteiger partial charge in [-0.15, -0.1) is 11.3 Å². The molecule has 1 fully saturated rings. The summed E-state index contributed by atoms with van der Waals surface area (Å²) in [6.45, 7) is 2.54. The summed E-state index contributed by atoms with van der Waals surface area (Å²) < 4.78 is 5.42. The molecule has 2 aliphatic heterocycles. The second-order valence-corrected chi connectivity index (χ2v) is 6.95. The molecule has 1 N–H and O–H groups in total. The van der Waals surface area contributed by atoms with E-state index in [4.69, 9.17) is 4.74 Å². The summed E-state index contributed by atoms with van der Waals surface area (Å²) in [6, 6.07) is 0. The number of nitrogens with one attached hydrogen (secondary N) is 1. The van der Waals surface area contributed by atoms with Gasteiger partial charge in [0.1, 0.15) is 0 Å². The number of carbonyl (C=O) groups is 1. The van der Waals surface area contributed by atoms with Gasteiger partial charge in [-0.05, 0) is 25.5 Å². The Morgan fingerprint density at radius 1 is 1.56 bits per heavy atom. The lowest BCUT2D eigenvalue weighted by molar-refractivity contribution is -0.119. The molecule has 4 nitrogen and oxygen atoms in total. The normalized spacial score (nSPS) is 26.9. The number of thioether (sulfide) groups is 1. The lowest BCUT2D eigenvalue weighted by Gasteiger charge is -2.06. The van der Waals surface area contributed by atoms with E-state index in [0.717, 1.165) is 29.5 Å². The maximum atomic E-state index is 12.0. The number of anilines is 1. The first-order valence-electron chi connectivity index (χ1n) is 6.21. The van der Waals surface area contributed by atoms with E-state index in [9.17, 15) is 4.79 Å². The van der Waals surface area contributed by atoms with E-state index in [1.165, 1.54) is 10.6 Å². The molecule has 1 saturated heterocycles. The predicted octanol–water partition coefficient (Wildman–Crippen LogP) is 2.30. The van der Waals surface area contributed by atoms with Crippen LogP contribution in [-0.2, 0) is 21.7 Å². The van der Waals surface area contributed by atoms with Crippen LogP contribution in [0.4, 0.5) is 5.13 Å². The van der Waals surface area contributed by atoms with Crippen molar-refractivity contribution in [2.75, 3.05) is 17.7 Å². The minimum atomic E-state index is -0.0182. The third kappa shape index (κ3) is 2.55. The number of fused-ring (bicyclic) bond motifs is 1. The molecule has 3 rings (SSSR count). The lowest BCUT2D eigenvalue weighted by Crippen LogP contribution is -2.22. The van der Waals surface area contributed by atoms with Gasteiger partial charge in [0, 0.05) is 10.6 Å². The van der Waals surface area contributed by atoms with E-state index in [1.807, 2.05) is 18.7 Å². The second-order valence-electron chi connectivity index (χ2n) is 4.76. The fraction of sp³-hybridized carbons (Fsp3) is 0.667. The van der Waals surface area contributed by atoms with E-state index in [-0.39, 0.29) is 17.9 Å². The molecule has 2 aliphatic rings. The molecule has 0 spiro atoms. The zero-order valence-electron chi connectivity index (χ0n) is 10.3. The average Bonchev–Trinajstić information content (AvgIpc) is 2.94. The number of amides is 1. The highest BCUT2D eigenvalue weighted by Gasteiger charge is 2.29. The van der Waals surface area contributed by atoms with Crippen LogP contribution < -0.4 is 5.32 Å². The summed E-state index contributed by atoms with van der Waals surface area (Å²) in [4.78, 5) is 17.9. The Bertz CT molecular complexity index is 437. The number of ether oxygens (including phenoxy) is 1. The maximum absolute atomic E-state index is 12.0. The van der Waals surface area contributed by atoms with Crippen molar-refractivity contribution in [1.82, 2.24) is 4.98 Å². The quantitative estimate of drug-likeness (QED) is 0.905. The largest absolute Gasteiger partial charge is 0.378 e. The van der Waals surface area contributed by atoms with Crippen molar-refractivity contribution >= 4 is 34.1 Å². The topological polar surface area (TPSA) is 51.2 Å². The molecular weight excluding hydrogens is 268 g/mol. The molecule has 2 unspecified atom stereocenters. The summed E-state index contributed by atoms with van der Waals surface area (Å²) in [5.41, 5.74) is 1.17. The van der Waals surface area contributed by atoms with E-state index in [0.29, 0.717) is 6.61 Å². The van der Waals surface area contributed by atoms with Crippen molar-refractivity contribution in [1.29, 1.82) is 0 Å². The summed E-state index contributed by atoms with van der Waals surface area (Å²) in [5, 5.41) is 3.70. The number of hydrogen-bond acceptors (Lipinski definition) is 5. The van der Waals surface area contributed by atoms with Crippen molar-refractivity contribution in [3.05, 3.63) is 10.6 Å². The first-order chi connectivity index (χ1) is 8.72. The Morgan fingerprint density at radius 2 is 2.44 bits per heavy atom. The van der Waals surface area contributed by atoms with Crippen molar-refractivity contribution in [2.24, 2.45) is 5.92 Å². The van der Waals surface area contributed by atoms with Gasteiger partial charge in [-0.25, -0.2) is 4.98 Å².